The van der Waals surface area contributed by atoms with Crippen LogP contribution in [0.1, 0.15) is 28.4 Å². The maximum absolute atomic E-state index is 12.5. The fourth-order valence-electron chi connectivity index (χ4n) is 3.23. The van der Waals surface area contributed by atoms with Crippen LogP contribution in [0.15, 0.2) is 48.5 Å². The standard InChI is InChI=1S/C22H25N3O3S/c1-3-24(19-9-4-6-16(2)12-19)11-10-23-21(27)18-8-5-7-17(13-18)14-25-20(26)15-29-22(25)28/h4-9,12-13H,3,10-11,14-15H2,1-2H3,(H,23,27). The van der Waals surface area contributed by atoms with Gasteiger partial charge >= 0.3 is 0 Å². The molecule has 1 aliphatic heterocycles. The lowest BCUT2D eigenvalue weighted by Gasteiger charge is -2.23. The number of imide groups is 1. The Balaban J connectivity index is 1.56. The second-order valence-electron chi connectivity index (χ2n) is 6.91. The van der Waals surface area contributed by atoms with Gasteiger partial charge in [0.2, 0.25) is 5.91 Å². The van der Waals surface area contributed by atoms with E-state index in [4.69, 9.17) is 0 Å². The summed E-state index contributed by atoms with van der Waals surface area (Å²) in [6, 6.07) is 15.4. The first-order valence-corrected chi connectivity index (χ1v) is 10.6. The Bertz CT molecular complexity index is 900. The number of aryl methyl sites for hydroxylation is 1. The zero-order valence-corrected chi connectivity index (χ0v) is 17.5. The molecule has 7 heteroatoms. The molecule has 1 N–H and O–H groups in total. The monoisotopic (exact) mass is 411 g/mol. The molecular weight excluding hydrogens is 386 g/mol. The van der Waals surface area contributed by atoms with Crippen molar-refractivity contribution in [3.8, 4) is 0 Å². The van der Waals surface area contributed by atoms with Crippen LogP contribution in [0.4, 0.5) is 10.5 Å². The minimum Gasteiger partial charge on any atom is -0.370 e. The fourth-order valence-corrected chi connectivity index (χ4v) is 3.95. The van der Waals surface area contributed by atoms with Gasteiger partial charge in [-0.15, -0.1) is 0 Å². The Labute approximate surface area is 175 Å². The first-order chi connectivity index (χ1) is 14.0. The Morgan fingerprint density at radius 1 is 1.17 bits per heavy atom. The number of likely N-dealkylation sites (N-methyl/N-ethyl adjacent to an activating group) is 1. The highest BCUT2D eigenvalue weighted by molar-refractivity contribution is 8.14. The number of nitrogens with one attached hydrogen (secondary N) is 1. The van der Waals surface area contributed by atoms with Crippen molar-refractivity contribution in [2.45, 2.75) is 20.4 Å². The molecule has 2 aromatic rings. The number of hydrogen-bond acceptors (Lipinski definition) is 5. The number of thioether (sulfide) groups is 1. The van der Waals surface area contributed by atoms with Crippen LogP contribution in [-0.4, -0.2) is 47.3 Å². The zero-order valence-electron chi connectivity index (χ0n) is 16.7. The van der Waals surface area contributed by atoms with Crippen molar-refractivity contribution in [1.29, 1.82) is 0 Å². The van der Waals surface area contributed by atoms with Gasteiger partial charge in [-0.1, -0.05) is 36.0 Å². The van der Waals surface area contributed by atoms with Crippen LogP contribution in [-0.2, 0) is 11.3 Å². The van der Waals surface area contributed by atoms with E-state index in [0.717, 1.165) is 29.6 Å². The summed E-state index contributed by atoms with van der Waals surface area (Å²) in [5.41, 5.74) is 3.63. The van der Waals surface area contributed by atoms with E-state index in [1.807, 2.05) is 12.1 Å². The summed E-state index contributed by atoms with van der Waals surface area (Å²) in [5, 5.41) is 2.72. The minimum atomic E-state index is -0.235. The van der Waals surface area contributed by atoms with Crippen LogP contribution in [0.3, 0.4) is 0 Å². The van der Waals surface area contributed by atoms with E-state index in [0.29, 0.717) is 18.7 Å². The van der Waals surface area contributed by atoms with E-state index < -0.39 is 0 Å². The molecule has 0 spiro atoms. The normalized spacial score (nSPS) is 13.7. The predicted molar refractivity (Wildman–Crippen MR) is 116 cm³/mol. The van der Waals surface area contributed by atoms with Crippen molar-refractivity contribution in [2.24, 2.45) is 0 Å². The second kappa shape index (κ2) is 9.60. The van der Waals surface area contributed by atoms with Crippen LogP contribution < -0.4 is 10.2 Å². The summed E-state index contributed by atoms with van der Waals surface area (Å²) < 4.78 is 0. The average Bonchev–Trinajstić information content (AvgIpc) is 3.03. The molecule has 2 aromatic carbocycles. The molecule has 1 aliphatic rings. The molecule has 0 aliphatic carbocycles. The largest absolute Gasteiger partial charge is 0.370 e. The highest BCUT2D eigenvalue weighted by Gasteiger charge is 2.29. The summed E-state index contributed by atoms with van der Waals surface area (Å²) in [6.45, 7) is 6.43. The maximum atomic E-state index is 12.5. The molecule has 3 amide bonds. The van der Waals surface area contributed by atoms with Gasteiger partial charge in [-0.05, 0) is 49.2 Å². The molecular formula is C22H25N3O3S. The summed E-state index contributed by atoms with van der Waals surface area (Å²) in [6.07, 6.45) is 0. The van der Waals surface area contributed by atoms with Gasteiger partial charge in [-0.25, -0.2) is 0 Å². The van der Waals surface area contributed by atoms with E-state index in [1.165, 1.54) is 10.5 Å². The lowest BCUT2D eigenvalue weighted by molar-refractivity contribution is -0.125. The number of carbonyl (C=O) groups excluding carboxylic acids is 3. The third-order valence-electron chi connectivity index (χ3n) is 4.79. The Kier molecular flexibility index (Phi) is 6.93. The SMILES string of the molecule is CCN(CCNC(=O)c1cccc(CN2C(=O)CSC2=O)c1)c1cccc(C)c1. The van der Waals surface area contributed by atoms with Crippen LogP contribution in [0.2, 0.25) is 0 Å². The van der Waals surface area contributed by atoms with E-state index in [1.54, 1.807) is 18.2 Å². The van der Waals surface area contributed by atoms with Crippen LogP contribution in [0, 0.1) is 6.92 Å². The molecule has 3 rings (SSSR count). The molecule has 0 saturated carbocycles. The lowest BCUT2D eigenvalue weighted by Crippen LogP contribution is -2.35. The molecule has 0 aromatic heterocycles. The molecule has 0 radical (unpaired) electrons. The van der Waals surface area contributed by atoms with Gasteiger partial charge in [0.25, 0.3) is 11.1 Å². The van der Waals surface area contributed by atoms with Gasteiger partial charge in [0.05, 0.1) is 12.3 Å². The van der Waals surface area contributed by atoms with Crippen molar-refractivity contribution < 1.29 is 14.4 Å². The molecule has 1 saturated heterocycles. The van der Waals surface area contributed by atoms with Crippen molar-refractivity contribution in [3.63, 3.8) is 0 Å². The third kappa shape index (κ3) is 5.38. The summed E-state index contributed by atoms with van der Waals surface area (Å²) in [5.74, 6) is -0.167. The number of rotatable bonds is 8. The highest BCUT2D eigenvalue weighted by Crippen LogP contribution is 2.21. The van der Waals surface area contributed by atoms with Crippen molar-refractivity contribution in [1.82, 2.24) is 10.2 Å². The maximum Gasteiger partial charge on any atom is 0.289 e. The minimum absolute atomic E-state index is 0.166. The predicted octanol–water partition coefficient (Wildman–Crippen LogP) is 3.45. The molecule has 0 atom stereocenters. The van der Waals surface area contributed by atoms with Gasteiger partial charge < -0.3 is 10.2 Å². The zero-order chi connectivity index (χ0) is 20.8. The van der Waals surface area contributed by atoms with E-state index in [-0.39, 0.29) is 29.4 Å². The number of nitrogens with zero attached hydrogens (tertiary/aromatic N) is 2. The van der Waals surface area contributed by atoms with E-state index in [2.05, 4.69) is 42.3 Å². The topological polar surface area (TPSA) is 69.7 Å². The quantitative estimate of drug-likeness (QED) is 0.721. The van der Waals surface area contributed by atoms with Crippen LogP contribution in [0.5, 0.6) is 0 Å². The fraction of sp³-hybridized carbons (Fsp3) is 0.318. The van der Waals surface area contributed by atoms with Gasteiger partial charge in [0.1, 0.15) is 0 Å². The molecule has 1 heterocycles. The van der Waals surface area contributed by atoms with Crippen molar-refractivity contribution in [2.75, 3.05) is 30.3 Å². The van der Waals surface area contributed by atoms with Gasteiger partial charge in [-0.2, -0.15) is 0 Å². The second-order valence-corrected chi connectivity index (χ2v) is 7.84. The molecule has 152 valence electrons. The number of hydrogen-bond donors (Lipinski definition) is 1. The molecule has 0 bridgehead atoms. The van der Waals surface area contributed by atoms with Gasteiger partial charge in [0.15, 0.2) is 0 Å². The van der Waals surface area contributed by atoms with Gasteiger partial charge in [0, 0.05) is 30.9 Å². The first-order valence-electron chi connectivity index (χ1n) is 9.64. The molecule has 1 fully saturated rings. The average molecular weight is 412 g/mol. The van der Waals surface area contributed by atoms with E-state index in [9.17, 15) is 14.4 Å². The van der Waals surface area contributed by atoms with Crippen LogP contribution >= 0.6 is 11.8 Å². The molecule has 6 nitrogen and oxygen atoms in total. The smallest absolute Gasteiger partial charge is 0.289 e. The van der Waals surface area contributed by atoms with Gasteiger partial charge in [-0.3, -0.25) is 19.3 Å². The number of benzene rings is 2. The first kappa shape index (κ1) is 20.9. The summed E-state index contributed by atoms with van der Waals surface area (Å²) in [4.78, 5) is 39.5. The van der Waals surface area contributed by atoms with E-state index >= 15 is 0 Å². The number of anilines is 1. The Hall–Kier alpha value is -2.80. The lowest BCUT2D eigenvalue weighted by atomic mass is 10.1. The van der Waals surface area contributed by atoms with Crippen molar-refractivity contribution in [3.05, 3.63) is 65.2 Å². The van der Waals surface area contributed by atoms with Crippen molar-refractivity contribution >= 4 is 34.5 Å². The highest BCUT2D eigenvalue weighted by atomic mass is 32.2. The Morgan fingerprint density at radius 2 is 1.97 bits per heavy atom. The Morgan fingerprint density at radius 3 is 2.66 bits per heavy atom. The summed E-state index contributed by atoms with van der Waals surface area (Å²) >= 11 is 1.01. The number of carbonyl (C=O) groups is 3. The third-order valence-corrected chi connectivity index (χ3v) is 5.64. The molecule has 0 unspecified atom stereocenters. The molecule has 29 heavy (non-hydrogen) atoms. The number of amides is 3. The summed E-state index contributed by atoms with van der Waals surface area (Å²) in [7, 11) is 0. The van der Waals surface area contributed by atoms with Crippen LogP contribution in [0.25, 0.3) is 0 Å².